The summed E-state index contributed by atoms with van der Waals surface area (Å²) in [5.41, 5.74) is 1.34. The first kappa shape index (κ1) is 27.3. The van der Waals surface area contributed by atoms with Crippen molar-refractivity contribution >= 4 is 27.7 Å². The van der Waals surface area contributed by atoms with Crippen molar-refractivity contribution < 1.29 is 22.7 Å². The van der Waals surface area contributed by atoms with Crippen LogP contribution in [-0.4, -0.2) is 106 Å². The third kappa shape index (κ3) is 6.66. The Kier molecular flexibility index (Phi) is 9.68. The van der Waals surface area contributed by atoms with Crippen LogP contribution in [0.1, 0.15) is 25.0 Å². The maximum atomic E-state index is 13.6. The summed E-state index contributed by atoms with van der Waals surface area (Å²) >= 11 is 1.72. The van der Waals surface area contributed by atoms with E-state index in [1.54, 1.807) is 49.2 Å². The van der Waals surface area contributed by atoms with Gasteiger partial charge in [0, 0.05) is 50.8 Å². The molecule has 0 aliphatic carbocycles. The third-order valence-electron chi connectivity index (χ3n) is 6.29. The number of carbonyl (C=O) groups excluding carboxylic acids is 1. The van der Waals surface area contributed by atoms with Crippen molar-refractivity contribution in [3.63, 3.8) is 0 Å². The lowest BCUT2D eigenvalue weighted by molar-refractivity contribution is -0.138. The Labute approximate surface area is 209 Å². The molecule has 34 heavy (non-hydrogen) atoms. The molecule has 0 bridgehead atoms. The minimum atomic E-state index is -3.70. The van der Waals surface area contributed by atoms with E-state index in [4.69, 9.17) is 9.47 Å². The van der Waals surface area contributed by atoms with E-state index >= 15 is 0 Å². The number of rotatable bonds is 9. The van der Waals surface area contributed by atoms with E-state index in [0.717, 1.165) is 25.4 Å². The molecule has 192 valence electrons. The van der Waals surface area contributed by atoms with Crippen LogP contribution in [0.15, 0.2) is 17.0 Å². The van der Waals surface area contributed by atoms with Crippen molar-refractivity contribution in [2.24, 2.45) is 5.92 Å². The van der Waals surface area contributed by atoms with Gasteiger partial charge in [-0.3, -0.25) is 9.69 Å². The SMILES string of the molecule is COc1cc(C)c(S(=O)(=O)N2CCSCC2COCC(=O)N2CCN(CC(C)C)CC2)c(C)c1. The molecule has 2 fully saturated rings. The second-order valence-corrected chi connectivity index (χ2v) is 12.5. The maximum Gasteiger partial charge on any atom is 0.248 e. The fourth-order valence-corrected chi connectivity index (χ4v) is 7.99. The van der Waals surface area contributed by atoms with Crippen LogP contribution in [0.25, 0.3) is 0 Å². The van der Waals surface area contributed by atoms with Crippen molar-refractivity contribution in [2.45, 2.75) is 38.6 Å². The summed E-state index contributed by atoms with van der Waals surface area (Å²) in [6, 6.07) is 3.20. The highest BCUT2D eigenvalue weighted by Crippen LogP contribution is 2.31. The van der Waals surface area contributed by atoms with Crippen LogP contribution in [0.4, 0.5) is 0 Å². The average Bonchev–Trinajstić information content (AvgIpc) is 2.78. The fourth-order valence-electron chi connectivity index (χ4n) is 4.71. The summed E-state index contributed by atoms with van der Waals surface area (Å²) in [7, 11) is -2.13. The first-order valence-corrected chi connectivity index (χ1v) is 14.6. The molecule has 0 N–H and O–H groups in total. The maximum absolute atomic E-state index is 13.6. The molecule has 1 atom stereocenters. The van der Waals surface area contributed by atoms with Gasteiger partial charge >= 0.3 is 0 Å². The molecule has 1 aromatic carbocycles. The second kappa shape index (κ2) is 12.1. The first-order valence-electron chi connectivity index (χ1n) is 12.0. The van der Waals surface area contributed by atoms with Gasteiger partial charge in [-0.2, -0.15) is 16.1 Å². The summed E-state index contributed by atoms with van der Waals surface area (Å²) in [4.78, 5) is 17.2. The van der Waals surface area contributed by atoms with Gasteiger partial charge in [0.05, 0.1) is 24.7 Å². The monoisotopic (exact) mass is 513 g/mol. The Hall–Kier alpha value is -1.33. The molecule has 10 heteroatoms. The molecule has 2 saturated heterocycles. The molecule has 3 rings (SSSR count). The number of benzene rings is 1. The number of ether oxygens (including phenoxy) is 2. The number of nitrogens with zero attached hydrogens (tertiary/aromatic N) is 3. The predicted octanol–water partition coefficient (Wildman–Crippen LogP) is 2.23. The Morgan fingerprint density at radius 1 is 1.12 bits per heavy atom. The number of thioether (sulfide) groups is 1. The van der Waals surface area contributed by atoms with Gasteiger partial charge in [-0.15, -0.1) is 0 Å². The number of hydrogen-bond acceptors (Lipinski definition) is 7. The predicted molar refractivity (Wildman–Crippen MR) is 136 cm³/mol. The van der Waals surface area contributed by atoms with Crippen LogP contribution in [0.2, 0.25) is 0 Å². The van der Waals surface area contributed by atoms with Crippen molar-refractivity contribution in [3.05, 3.63) is 23.3 Å². The van der Waals surface area contributed by atoms with Gasteiger partial charge in [0.15, 0.2) is 0 Å². The number of methoxy groups -OCH3 is 1. The topological polar surface area (TPSA) is 79.4 Å². The van der Waals surface area contributed by atoms with Crippen LogP contribution in [0.3, 0.4) is 0 Å². The third-order valence-corrected chi connectivity index (χ3v) is 9.64. The van der Waals surface area contributed by atoms with Gasteiger partial charge in [-0.25, -0.2) is 8.42 Å². The highest BCUT2D eigenvalue weighted by molar-refractivity contribution is 7.99. The van der Waals surface area contributed by atoms with Crippen molar-refractivity contribution in [1.82, 2.24) is 14.1 Å². The van der Waals surface area contributed by atoms with Crippen LogP contribution in [-0.2, 0) is 19.6 Å². The normalized spacial score (nSPS) is 20.6. The molecule has 0 saturated carbocycles. The van der Waals surface area contributed by atoms with Crippen LogP contribution in [0.5, 0.6) is 5.75 Å². The van der Waals surface area contributed by atoms with E-state index in [0.29, 0.717) is 53.1 Å². The van der Waals surface area contributed by atoms with E-state index in [9.17, 15) is 13.2 Å². The van der Waals surface area contributed by atoms with Crippen molar-refractivity contribution in [3.8, 4) is 5.75 Å². The lowest BCUT2D eigenvalue weighted by Gasteiger charge is -2.36. The van der Waals surface area contributed by atoms with Crippen LogP contribution < -0.4 is 4.74 Å². The van der Waals surface area contributed by atoms with Gasteiger partial charge in [0.25, 0.3) is 0 Å². The molecule has 0 aromatic heterocycles. The molecular formula is C24H39N3O5S2. The van der Waals surface area contributed by atoms with Gasteiger partial charge in [-0.1, -0.05) is 13.8 Å². The molecule has 1 amide bonds. The summed E-state index contributed by atoms with van der Waals surface area (Å²) in [6.07, 6.45) is 0. The summed E-state index contributed by atoms with van der Waals surface area (Å²) in [5, 5.41) is 0. The smallest absolute Gasteiger partial charge is 0.248 e. The van der Waals surface area contributed by atoms with E-state index in [2.05, 4.69) is 18.7 Å². The molecular weight excluding hydrogens is 474 g/mol. The Morgan fingerprint density at radius 3 is 2.35 bits per heavy atom. The van der Waals surface area contributed by atoms with E-state index in [1.165, 1.54) is 0 Å². The Balaban J connectivity index is 1.59. The second-order valence-electron chi connectivity index (χ2n) is 9.53. The number of carbonyl (C=O) groups is 1. The van der Waals surface area contributed by atoms with Crippen molar-refractivity contribution in [1.29, 1.82) is 0 Å². The lowest BCUT2D eigenvalue weighted by Crippen LogP contribution is -2.51. The highest BCUT2D eigenvalue weighted by Gasteiger charge is 2.36. The standard InChI is InChI=1S/C24H39N3O5S2/c1-18(2)14-25-6-8-26(9-7-25)23(28)16-32-15-21-17-33-11-10-27(21)34(29,30)24-19(3)12-22(31-5)13-20(24)4/h12-13,18,21H,6-11,14-17H2,1-5H3. The molecule has 2 aliphatic rings. The minimum Gasteiger partial charge on any atom is -0.497 e. The quantitative estimate of drug-likeness (QED) is 0.501. The number of sulfonamides is 1. The summed E-state index contributed by atoms with van der Waals surface area (Å²) in [5.74, 6) is 2.62. The molecule has 1 aromatic rings. The zero-order chi connectivity index (χ0) is 24.9. The van der Waals surface area contributed by atoms with E-state index < -0.39 is 10.0 Å². The largest absolute Gasteiger partial charge is 0.497 e. The highest BCUT2D eigenvalue weighted by atomic mass is 32.2. The molecule has 0 radical (unpaired) electrons. The molecule has 0 spiro atoms. The van der Waals surface area contributed by atoms with Gasteiger partial charge in [0.2, 0.25) is 15.9 Å². The molecule has 2 aliphatic heterocycles. The average molecular weight is 514 g/mol. The van der Waals surface area contributed by atoms with E-state index in [-0.39, 0.29) is 25.2 Å². The van der Waals surface area contributed by atoms with Crippen LogP contribution >= 0.6 is 11.8 Å². The number of hydrogen-bond donors (Lipinski definition) is 0. The van der Waals surface area contributed by atoms with Gasteiger partial charge < -0.3 is 14.4 Å². The molecule has 2 heterocycles. The lowest BCUT2D eigenvalue weighted by atomic mass is 10.1. The van der Waals surface area contributed by atoms with Gasteiger partial charge in [0.1, 0.15) is 12.4 Å². The first-order chi connectivity index (χ1) is 16.1. The minimum absolute atomic E-state index is 0.0141. The summed E-state index contributed by atoms with van der Waals surface area (Å²) < 4.78 is 39.9. The Bertz CT molecular complexity index is 923. The Morgan fingerprint density at radius 2 is 1.76 bits per heavy atom. The van der Waals surface area contributed by atoms with Crippen molar-refractivity contribution in [2.75, 3.05) is 71.1 Å². The zero-order valence-corrected chi connectivity index (χ0v) is 22.7. The number of amides is 1. The molecule has 8 nitrogen and oxygen atoms in total. The summed E-state index contributed by atoms with van der Waals surface area (Å²) in [6.45, 7) is 12.9. The molecule has 1 unspecified atom stereocenters. The van der Waals surface area contributed by atoms with Crippen LogP contribution in [0, 0.1) is 19.8 Å². The number of piperazine rings is 1. The van der Waals surface area contributed by atoms with E-state index in [1.807, 2.05) is 4.90 Å². The fraction of sp³-hybridized carbons (Fsp3) is 0.708. The van der Waals surface area contributed by atoms with Gasteiger partial charge in [-0.05, 0) is 43.0 Å². The zero-order valence-electron chi connectivity index (χ0n) is 21.1. The number of aryl methyl sites for hydroxylation is 2.